The lowest BCUT2D eigenvalue weighted by Gasteiger charge is -2.08. The highest BCUT2D eigenvalue weighted by atomic mass is 35.5. The van der Waals surface area contributed by atoms with Crippen LogP contribution in [0.4, 0.5) is 11.4 Å². The van der Waals surface area contributed by atoms with Gasteiger partial charge in [0.05, 0.1) is 22.6 Å². The van der Waals surface area contributed by atoms with Gasteiger partial charge in [-0.15, -0.1) is 11.8 Å². The van der Waals surface area contributed by atoms with Gasteiger partial charge in [-0.25, -0.2) is 4.79 Å². The summed E-state index contributed by atoms with van der Waals surface area (Å²) in [5.74, 6) is -1.46. The fourth-order valence-corrected chi connectivity index (χ4v) is 3.24. The number of carboxylic acid groups (broad SMARTS) is 1. The van der Waals surface area contributed by atoms with Gasteiger partial charge < -0.3 is 20.2 Å². The van der Waals surface area contributed by atoms with Crippen LogP contribution in [0.5, 0.6) is 0 Å². The topological polar surface area (TPSA) is 109 Å². The zero-order valence-electron chi connectivity index (χ0n) is 14.8. The van der Waals surface area contributed by atoms with E-state index in [4.69, 9.17) is 21.1 Å². The summed E-state index contributed by atoms with van der Waals surface area (Å²) in [5, 5.41) is 14.5. The average Bonchev–Trinajstić information content (AvgIpc) is 3.24. The predicted molar refractivity (Wildman–Crippen MR) is 111 cm³/mol. The number of nitrogens with one attached hydrogen (secondary N) is 2. The highest BCUT2D eigenvalue weighted by Crippen LogP contribution is 2.23. The Morgan fingerprint density at radius 1 is 1.00 bits per heavy atom. The maximum atomic E-state index is 12.1. The molecule has 0 aliphatic heterocycles. The zero-order valence-corrected chi connectivity index (χ0v) is 16.4. The van der Waals surface area contributed by atoms with Crippen molar-refractivity contribution in [2.45, 2.75) is 4.90 Å². The van der Waals surface area contributed by atoms with E-state index < -0.39 is 5.97 Å². The summed E-state index contributed by atoms with van der Waals surface area (Å²) in [6.45, 7) is 0. The van der Waals surface area contributed by atoms with E-state index in [0.29, 0.717) is 11.4 Å². The van der Waals surface area contributed by atoms with Gasteiger partial charge in [-0.05, 0) is 54.6 Å². The SMILES string of the molecule is O=C(CSc1ccc(NC(=O)c2ccco2)cc1)Nc1ccc(Cl)c(C(=O)O)c1. The van der Waals surface area contributed by atoms with E-state index in [1.54, 1.807) is 36.4 Å². The molecule has 3 N–H and O–H groups in total. The van der Waals surface area contributed by atoms with Crippen LogP contribution in [0, 0.1) is 0 Å². The van der Waals surface area contributed by atoms with E-state index in [-0.39, 0.29) is 33.9 Å². The van der Waals surface area contributed by atoms with Gasteiger partial charge in [0.25, 0.3) is 5.91 Å². The molecule has 0 saturated heterocycles. The first-order valence-electron chi connectivity index (χ1n) is 8.33. The van der Waals surface area contributed by atoms with E-state index in [0.717, 1.165) is 4.90 Å². The van der Waals surface area contributed by atoms with Crippen molar-refractivity contribution in [3.05, 3.63) is 77.2 Å². The fourth-order valence-electron chi connectivity index (χ4n) is 2.35. The van der Waals surface area contributed by atoms with Crippen LogP contribution in [0.25, 0.3) is 0 Å². The number of carbonyl (C=O) groups excluding carboxylic acids is 2. The molecule has 0 spiro atoms. The maximum Gasteiger partial charge on any atom is 0.337 e. The summed E-state index contributed by atoms with van der Waals surface area (Å²) in [6, 6.07) is 14.5. The summed E-state index contributed by atoms with van der Waals surface area (Å²) in [4.78, 5) is 36.0. The molecule has 29 heavy (non-hydrogen) atoms. The van der Waals surface area contributed by atoms with Crippen LogP contribution in [0.1, 0.15) is 20.9 Å². The minimum Gasteiger partial charge on any atom is -0.478 e. The molecular weight excluding hydrogens is 416 g/mol. The predicted octanol–water partition coefficient (Wildman–Crippen LogP) is 4.61. The van der Waals surface area contributed by atoms with Gasteiger partial charge in [0.15, 0.2) is 5.76 Å². The molecule has 0 radical (unpaired) electrons. The van der Waals surface area contributed by atoms with Crippen LogP contribution < -0.4 is 10.6 Å². The van der Waals surface area contributed by atoms with Crippen molar-refractivity contribution < 1.29 is 23.9 Å². The monoisotopic (exact) mass is 430 g/mol. The Hall–Kier alpha value is -3.23. The first-order chi connectivity index (χ1) is 13.9. The minimum atomic E-state index is -1.17. The van der Waals surface area contributed by atoms with E-state index in [9.17, 15) is 14.4 Å². The largest absolute Gasteiger partial charge is 0.478 e. The molecule has 3 aromatic rings. The van der Waals surface area contributed by atoms with Crippen molar-refractivity contribution >= 4 is 52.5 Å². The normalized spacial score (nSPS) is 10.4. The lowest BCUT2D eigenvalue weighted by atomic mass is 10.2. The molecule has 0 saturated carbocycles. The van der Waals surface area contributed by atoms with Crippen molar-refractivity contribution in [1.82, 2.24) is 0 Å². The van der Waals surface area contributed by atoms with E-state index in [1.807, 2.05) is 0 Å². The van der Waals surface area contributed by atoms with Crippen molar-refractivity contribution in [3.8, 4) is 0 Å². The number of thioether (sulfide) groups is 1. The molecule has 148 valence electrons. The summed E-state index contributed by atoms with van der Waals surface area (Å²) < 4.78 is 5.03. The number of hydrogen-bond donors (Lipinski definition) is 3. The highest BCUT2D eigenvalue weighted by Gasteiger charge is 2.12. The van der Waals surface area contributed by atoms with Crippen LogP contribution in [0.3, 0.4) is 0 Å². The Balaban J connectivity index is 1.52. The van der Waals surface area contributed by atoms with Crippen LogP contribution in [0.2, 0.25) is 5.02 Å². The molecule has 0 atom stereocenters. The number of anilines is 2. The summed E-state index contributed by atoms with van der Waals surface area (Å²) in [7, 11) is 0. The Morgan fingerprint density at radius 2 is 1.72 bits per heavy atom. The van der Waals surface area contributed by atoms with Gasteiger partial charge in [-0.2, -0.15) is 0 Å². The van der Waals surface area contributed by atoms with Crippen LogP contribution >= 0.6 is 23.4 Å². The standard InChI is InChI=1S/C20H15ClN2O5S/c21-16-8-5-13(10-15(16)20(26)27)22-18(24)11-29-14-6-3-12(4-7-14)23-19(25)17-2-1-9-28-17/h1-10H,11H2,(H,22,24)(H,23,25)(H,26,27). The first kappa shape index (κ1) is 20.5. The van der Waals surface area contributed by atoms with Gasteiger partial charge in [-0.3, -0.25) is 9.59 Å². The molecule has 9 heteroatoms. The number of halogens is 1. The summed E-state index contributed by atoms with van der Waals surface area (Å²) in [5.41, 5.74) is 0.875. The lowest BCUT2D eigenvalue weighted by molar-refractivity contribution is -0.113. The Bertz CT molecular complexity index is 1040. The van der Waals surface area contributed by atoms with Gasteiger partial charge in [0.1, 0.15) is 0 Å². The second-order valence-electron chi connectivity index (χ2n) is 5.79. The first-order valence-corrected chi connectivity index (χ1v) is 9.69. The van der Waals surface area contributed by atoms with Gasteiger partial charge in [0.2, 0.25) is 5.91 Å². The quantitative estimate of drug-likeness (QED) is 0.472. The number of amides is 2. The Morgan fingerprint density at radius 3 is 2.38 bits per heavy atom. The van der Waals surface area contributed by atoms with Gasteiger partial charge in [-0.1, -0.05) is 11.6 Å². The molecule has 2 amide bonds. The molecule has 1 aromatic heterocycles. The molecular formula is C20H15ClN2O5S. The minimum absolute atomic E-state index is 0.0793. The molecule has 7 nitrogen and oxygen atoms in total. The lowest BCUT2D eigenvalue weighted by Crippen LogP contribution is -2.14. The summed E-state index contributed by atoms with van der Waals surface area (Å²) >= 11 is 7.11. The smallest absolute Gasteiger partial charge is 0.337 e. The molecule has 0 aliphatic rings. The number of rotatable bonds is 7. The average molecular weight is 431 g/mol. The number of carbonyl (C=O) groups is 3. The van der Waals surface area contributed by atoms with Crippen molar-refractivity contribution in [2.75, 3.05) is 16.4 Å². The molecule has 0 unspecified atom stereocenters. The van der Waals surface area contributed by atoms with Gasteiger partial charge in [0, 0.05) is 16.3 Å². The molecule has 1 heterocycles. The second kappa shape index (κ2) is 9.31. The van der Waals surface area contributed by atoms with E-state index in [2.05, 4.69) is 10.6 Å². The number of hydrogen-bond acceptors (Lipinski definition) is 5. The van der Waals surface area contributed by atoms with Crippen molar-refractivity contribution in [1.29, 1.82) is 0 Å². The van der Waals surface area contributed by atoms with Crippen LogP contribution in [-0.2, 0) is 4.79 Å². The van der Waals surface area contributed by atoms with Crippen molar-refractivity contribution in [3.63, 3.8) is 0 Å². The molecule has 3 rings (SSSR count). The third kappa shape index (κ3) is 5.63. The molecule has 0 bridgehead atoms. The Labute approximate surface area is 175 Å². The number of aromatic carboxylic acids is 1. The molecule has 2 aromatic carbocycles. The van der Waals surface area contributed by atoms with Crippen LogP contribution in [-0.4, -0.2) is 28.6 Å². The fraction of sp³-hybridized carbons (Fsp3) is 0.0500. The maximum absolute atomic E-state index is 12.1. The van der Waals surface area contributed by atoms with Gasteiger partial charge >= 0.3 is 5.97 Å². The Kier molecular flexibility index (Phi) is 6.58. The molecule has 0 aliphatic carbocycles. The van der Waals surface area contributed by atoms with E-state index in [1.165, 1.54) is 36.2 Å². The number of carboxylic acids is 1. The molecule has 0 fully saturated rings. The van der Waals surface area contributed by atoms with E-state index >= 15 is 0 Å². The number of benzene rings is 2. The highest BCUT2D eigenvalue weighted by molar-refractivity contribution is 8.00. The van der Waals surface area contributed by atoms with Crippen LogP contribution in [0.15, 0.2) is 70.2 Å². The number of furan rings is 1. The second-order valence-corrected chi connectivity index (χ2v) is 7.25. The van der Waals surface area contributed by atoms with Crippen molar-refractivity contribution in [2.24, 2.45) is 0 Å². The third-order valence-corrected chi connectivity index (χ3v) is 5.05. The zero-order chi connectivity index (χ0) is 20.8. The third-order valence-electron chi connectivity index (χ3n) is 3.71. The summed E-state index contributed by atoms with van der Waals surface area (Å²) in [6.07, 6.45) is 1.42.